The lowest BCUT2D eigenvalue weighted by atomic mass is 9.94. The van der Waals surface area contributed by atoms with Crippen LogP contribution in [-0.4, -0.2) is 25.5 Å². The molecule has 5 nitrogen and oxygen atoms in total. The number of nitrogens with one attached hydrogen (secondary N) is 1. The van der Waals surface area contributed by atoms with Gasteiger partial charge >= 0.3 is 5.97 Å². The summed E-state index contributed by atoms with van der Waals surface area (Å²) in [5, 5.41) is 8.87. The Hall–Kier alpha value is -1.11. The van der Waals surface area contributed by atoms with Gasteiger partial charge in [-0.25, -0.2) is 17.9 Å². The molecule has 2 N–H and O–H groups in total. The van der Waals surface area contributed by atoms with Crippen LogP contribution in [0.3, 0.4) is 0 Å². The van der Waals surface area contributed by atoms with Gasteiger partial charge in [-0.15, -0.1) is 0 Å². The van der Waals surface area contributed by atoms with Crippen LogP contribution in [-0.2, 0) is 10.0 Å². The number of sulfonamides is 1. The van der Waals surface area contributed by atoms with E-state index >= 15 is 0 Å². The molecule has 98 valence electrons. The molecule has 0 atom stereocenters. The first-order valence-corrected chi connectivity index (χ1v) is 7.31. The molecule has 0 amide bonds. The van der Waals surface area contributed by atoms with E-state index in [1.807, 2.05) is 0 Å². The fourth-order valence-corrected chi connectivity index (χ4v) is 3.48. The highest BCUT2D eigenvalue weighted by molar-refractivity contribution is 7.89. The number of benzene rings is 1. The highest BCUT2D eigenvalue weighted by atomic mass is 35.5. The Labute approximate surface area is 110 Å². The molecule has 0 aromatic heterocycles. The van der Waals surface area contributed by atoms with Crippen LogP contribution < -0.4 is 4.72 Å². The molecule has 0 unspecified atom stereocenters. The number of rotatable bonds is 4. The van der Waals surface area contributed by atoms with Crippen molar-refractivity contribution in [2.75, 3.05) is 0 Å². The molecule has 2 rings (SSSR count). The van der Waals surface area contributed by atoms with Crippen LogP contribution >= 0.6 is 11.6 Å². The van der Waals surface area contributed by atoms with Crippen molar-refractivity contribution in [1.82, 2.24) is 4.72 Å². The van der Waals surface area contributed by atoms with E-state index in [9.17, 15) is 13.2 Å². The molecule has 1 saturated carbocycles. The van der Waals surface area contributed by atoms with Gasteiger partial charge in [0.2, 0.25) is 10.0 Å². The molecule has 1 fully saturated rings. The smallest absolute Gasteiger partial charge is 0.335 e. The van der Waals surface area contributed by atoms with E-state index in [0.29, 0.717) is 0 Å². The van der Waals surface area contributed by atoms with E-state index in [1.54, 1.807) is 0 Å². The van der Waals surface area contributed by atoms with Crippen LogP contribution in [0, 0.1) is 0 Å². The van der Waals surface area contributed by atoms with Crippen LogP contribution in [0.25, 0.3) is 0 Å². The number of hydrogen-bond donors (Lipinski definition) is 2. The molecule has 0 spiro atoms. The Bertz CT molecular complexity index is 581. The Morgan fingerprint density at radius 1 is 1.39 bits per heavy atom. The van der Waals surface area contributed by atoms with Crippen molar-refractivity contribution >= 4 is 27.6 Å². The summed E-state index contributed by atoms with van der Waals surface area (Å²) in [5.41, 5.74) is -0.103. The third kappa shape index (κ3) is 2.66. The molecule has 1 aromatic carbocycles. The number of carboxylic acid groups (broad SMARTS) is 1. The number of hydrogen-bond acceptors (Lipinski definition) is 3. The first-order valence-electron chi connectivity index (χ1n) is 5.45. The van der Waals surface area contributed by atoms with Crippen molar-refractivity contribution in [3.8, 4) is 0 Å². The minimum absolute atomic E-state index is 0.0202. The molecule has 0 aliphatic heterocycles. The predicted octanol–water partition coefficient (Wildman–Crippen LogP) is 1.87. The van der Waals surface area contributed by atoms with Crippen LogP contribution in [0.1, 0.15) is 29.6 Å². The molecule has 1 aliphatic rings. The van der Waals surface area contributed by atoms with Gasteiger partial charge in [0.05, 0.1) is 10.6 Å². The molecule has 7 heteroatoms. The second-order valence-corrected chi connectivity index (χ2v) is 6.29. The topological polar surface area (TPSA) is 83.5 Å². The van der Waals surface area contributed by atoms with Gasteiger partial charge in [-0.05, 0) is 31.0 Å². The average Bonchev–Trinajstić information content (AvgIpc) is 2.24. The van der Waals surface area contributed by atoms with E-state index < -0.39 is 16.0 Å². The summed E-state index contributed by atoms with van der Waals surface area (Å²) in [6.07, 6.45) is 2.60. The first-order chi connectivity index (χ1) is 8.40. The summed E-state index contributed by atoms with van der Waals surface area (Å²) in [6, 6.07) is 3.55. The number of carboxylic acids is 1. The highest BCUT2D eigenvalue weighted by Gasteiger charge is 2.26. The van der Waals surface area contributed by atoms with E-state index in [4.69, 9.17) is 16.7 Å². The normalized spacial score (nSPS) is 16.3. The quantitative estimate of drug-likeness (QED) is 0.886. The molecular weight excluding hydrogens is 278 g/mol. The SMILES string of the molecule is O=C(O)c1ccc(Cl)c(S(=O)(=O)NC2CCC2)c1. The largest absolute Gasteiger partial charge is 0.478 e. The third-order valence-electron chi connectivity index (χ3n) is 2.89. The number of carbonyl (C=O) groups is 1. The summed E-state index contributed by atoms with van der Waals surface area (Å²) in [7, 11) is -3.75. The Balaban J connectivity index is 2.35. The minimum atomic E-state index is -3.75. The third-order valence-corrected chi connectivity index (χ3v) is 4.90. The van der Waals surface area contributed by atoms with Crippen LogP contribution in [0.2, 0.25) is 5.02 Å². The van der Waals surface area contributed by atoms with Gasteiger partial charge < -0.3 is 5.11 Å². The average molecular weight is 290 g/mol. The summed E-state index contributed by atoms with van der Waals surface area (Å²) in [6.45, 7) is 0. The molecule has 0 saturated heterocycles. The van der Waals surface area contributed by atoms with E-state index in [0.717, 1.165) is 25.3 Å². The monoisotopic (exact) mass is 289 g/mol. The Kier molecular flexibility index (Phi) is 3.61. The van der Waals surface area contributed by atoms with Crippen molar-refractivity contribution in [3.63, 3.8) is 0 Å². The second kappa shape index (κ2) is 4.87. The van der Waals surface area contributed by atoms with Crippen LogP contribution in [0.4, 0.5) is 0 Å². The summed E-state index contributed by atoms with van der Waals surface area (Å²) in [4.78, 5) is 10.6. The lowest BCUT2D eigenvalue weighted by Gasteiger charge is -2.26. The molecule has 0 bridgehead atoms. The molecular formula is C11H12ClNO4S. The molecule has 0 heterocycles. The van der Waals surface area contributed by atoms with Crippen molar-refractivity contribution < 1.29 is 18.3 Å². The number of halogens is 1. The summed E-state index contributed by atoms with van der Waals surface area (Å²) >= 11 is 5.82. The zero-order valence-corrected chi connectivity index (χ0v) is 11.0. The molecule has 18 heavy (non-hydrogen) atoms. The highest BCUT2D eigenvalue weighted by Crippen LogP contribution is 2.26. The van der Waals surface area contributed by atoms with Gasteiger partial charge in [0, 0.05) is 6.04 Å². The van der Waals surface area contributed by atoms with Gasteiger partial charge in [-0.3, -0.25) is 0 Å². The van der Waals surface area contributed by atoms with Gasteiger partial charge in [0.1, 0.15) is 4.90 Å². The fourth-order valence-electron chi connectivity index (χ4n) is 1.65. The van der Waals surface area contributed by atoms with E-state index in [2.05, 4.69) is 4.72 Å². The van der Waals surface area contributed by atoms with Gasteiger partial charge in [-0.2, -0.15) is 0 Å². The van der Waals surface area contributed by atoms with Crippen molar-refractivity contribution in [3.05, 3.63) is 28.8 Å². The second-order valence-electron chi connectivity index (χ2n) is 4.20. The van der Waals surface area contributed by atoms with Gasteiger partial charge in [0.15, 0.2) is 0 Å². The Morgan fingerprint density at radius 2 is 2.06 bits per heavy atom. The lowest BCUT2D eigenvalue weighted by molar-refractivity contribution is 0.0696. The first kappa shape index (κ1) is 13.3. The fraction of sp³-hybridized carbons (Fsp3) is 0.364. The van der Waals surface area contributed by atoms with Crippen molar-refractivity contribution in [1.29, 1.82) is 0 Å². The van der Waals surface area contributed by atoms with E-state index in [-0.39, 0.29) is 21.5 Å². The molecule has 1 aromatic rings. The predicted molar refractivity (Wildman–Crippen MR) is 66.4 cm³/mol. The van der Waals surface area contributed by atoms with Gasteiger partial charge in [0.25, 0.3) is 0 Å². The maximum absolute atomic E-state index is 12.0. The minimum Gasteiger partial charge on any atom is -0.478 e. The van der Waals surface area contributed by atoms with Crippen LogP contribution in [0.15, 0.2) is 23.1 Å². The maximum atomic E-state index is 12.0. The molecule has 0 radical (unpaired) electrons. The summed E-state index contributed by atoms with van der Waals surface area (Å²) < 4.78 is 26.6. The van der Waals surface area contributed by atoms with E-state index in [1.165, 1.54) is 12.1 Å². The van der Waals surface area contributed by atoms with Crippen molar-refractivity contribution in [2.45, 2.75) is 30.2 Å². The maximum Gasteiger partial charge on any atom is 0.335 e. The Morgan fingerprint density at radius 3 is 2.56 bits per heavy atom. The number of aromatic carboxylic acids is 1. The van der Waals surface area contributed by atoms with Crippen molar-refractivity contribution in [2.24, 2.45) is 0 Å². The lowest BCUT2D eigenvalue weighted by Crippen LogP contribution is -2.39. The zero-order valence-electron chi connectivity index (χ0n) is 9.39. The summed E-state index contributed by atoms with van der Waals surface area (Å²) in [5.74, 6) is -1.19. The molecule has 1 aliphatic carbocycles. The zero-order chi connectivity index (χ0) is 13.3. The standard InChI is InChI=1S/C11H12ClNO4S/c12-9-5-4-7(11(14)15)6-10(9)18(16,17)13-8-2-1-3-8/h4-6,8,13H,1-3H2,(H,14,15). The van der Waals surface area contributed by atoms with Gasteiger partial charge in [-0.1, -0.05) is 18.0 Å². The van der Waals surface area contributed by atoms with Crippen LogP contribution in [0.5, 0.6) is 0 Å².